The summed E-state index contributed by atoms with van der Waals surface area (Å²) in [6.45, 7) is 6.79. The van der Waals surface area contributed by atoms with E-state index in [1.807, 2.05) is 18.2 Å². The molecule has 0 unspecified atom stereocenters. The van der Waals surface area contributed by atoms with Crippen LogP contribution in [0.2, 0.25) is 0 Å². The average molecular weight is 506 g/mol. The van der Waals surface area contributed by atoms with Crippen LogP contribution in [0.1, 0.15) is 28.8 Å². The zero-order valence-electron chi connectivity index (χ0n) is 20.1. The number of aryl methyl sites for hydroxylation is 1. The van der Waals surface area contributed by atoms with Gasteiger partial charge in [0.05, 0.1) is 11.6 Å². The van der Waals surface area contributed by atoms with Crippen LogP contribution in [-0.2, 0) is 6.42 Å². The minimum absolute atomic E-state index is 0.166. The van der Waals surface area contributed by atoms with Gasteiger partial charge in [-0.05, 0) is 73.3 Å². The molecule has 1 N–H and O–H groups in total. The Morgan fingerprint density at radius 1 is 1.06 bits per heavy atom. The Labute approximate surface area is 214 Å². The fraction of sp³-hybridized carbons (Fsp3) is 0.267. The summed E-state index contributed by atoms with van der Waals surface area (Å²) in [6, 6.07) is 19.7. The van der Waals surface area contributed by atoms with Crippen LogP contribution >= 0.6 is 11.3 Å². The summed E-state index contributed by atoms with van der Waals surface area (Å²) in [5.41, 5.74) is 2.20. The molecule has 36 heavy (non-hydrogen) atoms. The van der Waals surface area contributed by atoms with E-state index >= 15 is 0 Å². The Bertz CT molecular complexity index is 1360. The Kier molecular flexibility index (Phi) is 7.35. The molecule has 5 rings (SSSR count). The Morgan fingerprint density at radius 3 is 2.58 bits per heavy atom. The predicted molar refractivity (Wildman–Crippen MR) is 143 cm³/mol. The third-order valence-electron chi connectivity index (χ3n) is 6.69. The lowest BCUT2D eigenvalue weighted by Gasteiger charge is -2.37. The number of phenolic OH excluding ortho intramolecular Hbond substituents is 1. The SMILES string of the molecule is C=C(c1ccccc1F)c1sc2cc(O)ccc2c1Oc1ccc(CCCCN2CC(CF)C2)cc1. The molecule has 0 saturated carbocycles. The molecule has 1 fully saturated rings. The van der Waals surface area contributed by atoms with Crippen molar-refractivity contribution in [3.63, 3.8) is 0 Å². The van der Waals surface area contributed by atoms with Gasteiger partial charge < -0.3 is 14.7 Å². The van der Waals surface area contributed by atoms with Gasteiger partial charge in [-0.25, -0.2) is 4.39 Å². The van der Waals surface area contributed by atoms with Gasteiger partial charge in [-0.2, -0.15) is 0 Å². The van der Waals surface area contributed by atoms with Crippen molar-refractivity contribution in [1.82, 2.24) is 4.90 Å². The van der Waals surface area contributed by atoms with Gasteiger partial charge in [-0.3, -0.25) is 4.39 Å². The van der Waals surface area contributed by atoms with Gasteiger partial charge in [0.1, 0.15) is 17.3 Å². The highest BCUT2D eigenvalue weighted by Crippen LogP contribution is 2.46. The van der Waals surface area contributed by atoms with Crippen molar-refractivity contribution in [2.24, 2.45) is 5.92 Å². The highest BCUT2D eigenvalue weighted by Gasteiger charge is 2.25. The van der Waals surface area contributed by atoms with E-state index in [9.17, 15) is 13.9 Å². The van der Waals surface area contributed by atoms with Crippen molar-refractivity contribution in [3.05, 3.63) is 95.1 Å². The van der Waals surface area contributed by atoms with E-state index in [0.29, 0.717) is 22.6 Å². The predicted octanol–water partition coefficient (Wildman–Crippen LogP) is 7.82. The van der Waals surface area contributed by atoms with Gasteiger partial charge in [-0.1, -0.05) is 36.9 Å². The summed E-state index contributed by atoms with van der Waals surface area (Å²) < 4.78 is 34.3. The molecule has 1 aromatic heterocycles. The van der Waals surface area contributed by atoms with Crippen LogP contribution in [0.5, 0.6) is 17.2 Å². The lowest BCUT2D eigenvalue weighted by Crippen LogP contribution is -2.47. The molecule has 1 aliphatic heterocycles. The molecule has 1 saturated heterocycles. The number of halogens is 2. The number of thiophene rings is 1. The smallest absolute Gasteiger partial charge is 0.153 e. The van der Waals surface area contributed by atoms with Crippen LogP contribution in [0.15, 0.2) is 73.3 Å². The highest BCUT2D eigenvalue weighted by molar-refractivity contribution is 7.20. The maximum atomic E-state index is 14.5. The lowest BCUT2D eigenvalue weighted by atomic mass is 10.0. The minimum Gasteiger partial charge on any atom is -0.508 e. The molecule has 0 bridgehead atoms. The lowest BCUT2D eigenvalue weighted by molar-refractivity contribution is 0.0795. The number of hydrogen-bond donors (Lipinski definition) is 1. The second-order valence-corrected chi connectivity index (χ2v) is 10.4. The molecule has 1 aliphatic rings. The van der Waals surface area contributed by atoms with E-state index in [4.69, 9.17) is 4.74 Å². The largest absolute Gasteiger partial charge is 0.508 e. The van der Waals surface area contributed by atoms with E-state index in [1.165, 1.54) is 23.0 Å². The average Bonchev–Trinajstić information content (AvgIpc) is 3.20. The molecule has 4 aromatic rings. The monoisotopic (exact) mass is 505 g/mol. The molecule has 3 nitrogen and oxygen atoms in total. The van der Waals surface area contributed by atoms with Crippen LogP contribution < -0.4 is 4.74 Å². The number of likely N-dealkylation sites (tertiary alicyclic amines) is 1. The molecular weight excluding hydrogens is 476 g/mol. The number of ether oxygens (including phenoxy) is 1. The van der Waals surface area contributed by atoms with Crippen LogP contribution in [0.4, 0.5) is 8.78 Å². The van der Waals surface area contributed by atoms with Gasteiger partial charge in [0.2, 0.25) is 0 Å². The van der Waals surface area contributed by atoms with E-state index in [-0.39, 0.29) is 24.2 Å². The summed E-state index contributed by atoms with van der Waals surface area (Å²) in [4.78, 5) is 3.05. The fourth-order valence-corrected chi connectivity index (χ4v) is 5.80. The number of unbranched alkanes of at least 4 members (excludes halogenated alkanes) is 1. The first kappa shape index (κ1) is 24.5. The fourth-order valence-electron chi connectivity index (χ4n) is 4.65. The molecule has 0 atom stereocenters. The number of phenols is 1. The normalized spacial score (nSPS) is 14.2. The van der Waals surface area contributed by atoms with Crippen molar-refractivity contribution in [3.8, 4) is 17.2 Å². The number of hydrogen-bond acceptors (Lipinski definition) is 4. The Balaban J connectivity index is 1.29. The summed E-state index contributed by atoms with van der Waals surface area (Å²) in [5, 5.41) is 10.8. The third kappa shape index (κ3) is 5.30. The molecule has 0 aliphatic carbocycles. The Morgan fingerprint density at radius 2 is 1.83 bits per heavy atom. The first-order valence-corrected chi connectivity index (χ1v) is 13.1. The van der Waals surface area contributed by atoms with Crippen molar-refractivity contribution < 1.29 is 18.6 Å². The van der Waals surface area contributed by atoms with Crippen molar-refractivity contribution in [1.29, 1.82) is 0 Å². The Hall–Kier alpha value is -3.22. The number of rotatable bonds is 10. The van der Waals surface area contributed by atoms with E-state index in [1.54, 1.807) is 30.3 Å². The van der Waals surface area contributed by atoms with Crippen LogP contribution in [-0.4, -0.2) is 36.3 Å². The standard InChI is InChI=1S/C30H29F2NO2S/c1-20(25-7-2-3-8-27(25)32)30-29(26-14-11-23(34)16-28(26)36-30)35-24-12-9-21(10-13-24)6-4-5-15-33-18-22(17-31)19-33/h2-3,7-14,16,22,34H,1,4-6,15,17-19H2. The van der Waals surface area contributed by atoms with E-state index in [0.717, 1.165) is 53.9 Å². The van der Waals surface area contributed by atoms with Crippen LogP contribution in [0, 0.1) is 11.7 Å². The first-order valence-electron chi connectivity index (χ1n) is 12.3. The quantitative estimate of drug-likeness (QED) is 0.223. The van der Waals surface area contributed by atoms with E-state index in [2.05, 4.69) is 23.6 Å². The highest BCUT2D eigenvalue weighted by atomic mass is 32.1. The molecule has 0 radical (unpaired) electrons. The van der Waals surface area contributed by atoms with Crippen molar-refractivity contribution in [2.75, 3.05) is 26.3 Å². The first-order chi connectivity index (χ1) is 17.5. The number of fused-ring (bicyclic) bond motifs is 1. The minimum atomic E-state index is -0.338. The second kappa shape index (κ2) is 10.8. The number of aromatic hydroxyl groups is 1. The molecule has 3 aromatic carbocycles. The summed E-state index contributed by atoms with van der Waals surface area (Å²) in [6.07, 6.45) is 3.17. The molecular formula is C30H29F2NO2S. The molecule has 0 amide bonds. The van der Waals surface area contributed by atoms with Crippen molar-refractivity contribution in [2.45, 2.75) is 19.3 Å². The summed E-state index contributed by atoms with van der Waals surface area (Å²) in [7, 11) is 0. The maximum Gasteiger partial charge on any atom is 0.153 e. The van der Waals surface area contributed by atoms with Gasteiger partial charge >= 0.3 is 0 Å². The van der Waals surface area contributed by atoms with Gasteiger partial charge in [0.15, 0.2) is 5.75 Å². The number of benzene rings is 3. The van der Waals surface area contributed by atoms with Crippen LogP contribution in [0.25, 0.3) is 15.7 Å². The molecule has 2 heterocycles. The summed E-state index contributed by atoms with van der Waals surface area (Å²) >= 11 is 1.42. The zero-order chi connectivity index (χ0) is 25.1. The van der Waals surface area contributed by atoms with Gasteiger partial charge in [0, 0.05) is 34.7 Å². The summed E-state index contributed by atoms with van der Waals surface area (Å²) in [5.74, 6) is 1.37. The molecule has 6 heteroatoms. The topological polar surface area (TPSA) is 32.7 Å². The number of nitrogens with zero attached hydrogens (tertiary/aromatic N) is 1. The van der Waals surface area contributed by atoms with E-state index < -0.39 is 0 Å². The zero-order valence-corrected chi connectivity index (χ0v) is 20.9. The van der Waals surface area contributed by atoms with Crippen LogP contribution in [0.3, 0.4) is 0 Å². The number of alkyl halides is 1. The maximum absolute atomic E-state index is 14.5. The van der Waals surface area contributed by atoms with Crippen molar-refractivity contribution >= 4 is 27.0 Å². The molecule has 186 valence electrons. The second-order valence-electron chi connectivity index (χ2n) is 9.38. The van der Waals surface area contributed by atoms with Gasteiger partial charge in [0.25, 0.3) is 0 Å². The molecule has 0 spiro atoms. The third-order valence-corrected chi connectivity index (χ3v) is 7.88. The van der Waals surface area contributed by atoms with Gasteiger partial charge in [-0.15, -0.1) is 11.3 Å².